The molecule has 0 aliphatic carbocycles. The maximum atomic E-state index is 13.2. The molecule has 1 saturated heterocycles. The van der Waals surface area contributed by atoms with Crippen molar-refractivity contribution in [3.63, 3.8) is 0 Å². The summed E-state index contributed by atoms with van der Waals surface area (Å²) in [7, 11) is 0. The van der Waals surface area contributed by atoms with Gasteiger partial charge in [-0.05, 0) is 42.0 Å². The van der Waals surface area contributed by atoms with Crippen molar-refractivity contribution in [3.05, 3.63) is 64.4 Å². The van der Waals surface area contributed by atoms with Crippen LogP contribution in [0.4, 0.5) is 4.39 Å². The van der Waals surface area contributed by atoms with Gasteiger partial charge in [-0.25, -0.2) is 4.39 Å². The molecule has 0 N–H and O–H groups in total. The molecular formula is C20H19ClFN3O2. The third-order valence-corrected chi connectivity index (χ3v) is 4.74. The zero-order chi connectivity index (χ0) is 19.2. The number of nitrogens with zero attached hydrogens (tertiary/aromatic N) is 3. The van der Waals surface area contributed by atoms with Gasteiger partial charge >= 0.3 is 0 Å². The lowest BCUT2D eigenvalue weighted by Crippen LogP contribution is -2.49. The fourth-order valence-electron chi connectivity index (χ4n) is 2.95. The van der Waals surface area contributed by atoms with Crippen molar-refractivity contribution in [2.45, 2.75) is 6.54 Å². The van der Waals surface area contributed by atoms with E-state index in [0.29, 0.717) is 49.1 Å². The van der Waals surface area contributed by atoms with Crippen molar-refractivity contribution in [3.8, 4) is 11.8 Å². The molecule has 1 fully saturated rings. The Morgan fingerprint density at radius 1 is 1.15 bits per heavy atom. The highest BCUT2D eigenvalue weighted by Gasteiger charge is 2.22. The van der Waals surface area contributed by atoms with Crippen LogP contribution in [-0.2, 0) is 11.3 Å². The van der Waals surface area contributed by atoms with Crippen LogP contribution in [0.5, 0.6) is 5.75 Å². The van der Waals surface area contributed by atoms with Gasteiger partial charge in [-0.15, -0.1) is 0 Å². The molecule has 2 aromatic rings. The number of halogens is 2. The first-order chi connectivity index (χ1) is 13.0. The summed E-state index contributed by atoms with van der Waals surface area (Å²) in [6, 6.07) is 13.2. The highest BCUT2D eigenvalue weighted by Crippen LogP contribution is 2.17. The van der Waals surface area contributed by atoms with E-state index in [2.05, 4.69) is 4.90 Å². The lowest BCUT2D eigenvalue weighted by Gasteiger charge is -2.34. The highest BCUT2D eigenvalue weighted by molar-refractivity contribution is 6.30. The molecule has 0 aromatic heterocycles. The molecule has 1 heterocycles. The number of hydrogen-bond donors (Lipinski definition) is 0. The molecule has 0 spiro atoms. The maximum absolute atomic E-state index is 13.2. The third kappa shape index (κ3) is 5.19. The number of ether oxygens (including phenoxy) is 1. The third-order valence-electron chi connectivity index (χ3n) is 4.49. The number of hydrogen-bond acceptors (Lipinski definition) is 4. The van der Waals surface area contributed by atoms with E-state index in [4.69, 9.17) is 21.6 Å². The number of amides is 1. The Balaban J connectivity index is 1.48. The van der Waals surface area contributed by atoms with Crippen LogP contribution < -0.4 is 4.74 Å². The fourth-order valence-corrected chi connectivity index (χ4v) is 3.08. The molecular weight excluding hydrogens is 369 g/mol. The summed E-state index contributed by atoms with van der Waals surface area (Å²) >= 11 is 5.82. The van der Waals surface area contributed by atoms with Gasteiger partial charge in [-0.1, -0.05) is 17.7 Å². The molecule has 1 aliphatic heterocycles. The van der Waals surface area contributed by atoms with Crippen molar-refractivity contribution >= 4 is 17.5 Å². The molecule has 140 valence electrons. The maximum Gasteiger partial charge on any atom is 0.260 e. The minimum absolute atomic E-state index is 0.0157. The number of nitriles is 1. The van der Waals surface area contributed by atoms with Gasteiger partial charge in [-0.3, -0.25) is 9.69 Å². The summed E-state index contributed by atoms with van der Waals surface area (Å²) in [6.07, 6.45) is 0. The zero-order valence-corrected chi connectivity index (χ0v) is 15.5. The van der Waals surface area contributed by atoms with Crippen molar-refractivity contribution < 1.29 is 13.9 Å². The number of benzene rings is 2. The van der Waals surface area contributed by atoms with Gasteiger partial charge in [0.05, 0.1) is 11.6 Å². The standard InChI is InChI=1S/C20H19ClFN3O2/c21-17-2-5-19(6-3-17)27-14-20(26)25-9-7-24(8-10-25)13-15-1-4-18(22)11-16(15)12-23/h1-6,11H,7-10,13-14H2. The zero-order valence-electron chi connectivity index (χ0n) is 14.7. The summed E-state index contributed by atoms with van der Waals surface area (Å²) in [4.78, 5) is 16.2. The number of piperazine rings is 1. The van der Waals surface area contributed by atoms with Crippen LogP contribution in [0.25, 0.3) is 0 Å². The summed E-state index contributed by atoms with van der Waals surface area (Å²) in [5, 5.41) is 9.76. The number of rotatable bonds is 5. The van der Waals surface area contributed by atoms with Crippen molar-refractivity contribution in [2.75, 3.05) is 32.8 Å². The quantitative estimate of drug-likeness (QED) is 0.791. The summed E-state index contributed by atoms with van der Waals surface area (Å²) < 4.78 is 18.7. The van der Waals surface area contributed by atoms with E-state index in [0.717, 1.165) is 5.56 Å². The molecule has 7 heteroatoms. The Bertz CT molecular complexity index is 843. The fraction of sp³-hybridized carbons (Fsp3) is 0.300. The predicted octanol–water partition coefficient (Wildman–Crippen LogP) is 3.07. The van der Waals surface area contributed by atoms with Gasteiger partial charge in [-0.2, -0.15) is 5.26 Å². The minimum Gasteiger partial charge on any atom is -0.484 e. The van der Waals surface area contributed by atoms with Gasteiger partial charge < -0.3 is 9.64 Å². The van der Waals surface area contributed by atoms with Crippen LogP contribution in [0.2, 0.25) is 5.02 Å². The number of carbonyl (C=O) groups is 1. The average Bonchev–Trinajstić information content (AvgIpc) is 2.69. The lowest BCUT2D eigenvalue weighted by molar-refractivity contribution is -0.135. The van der Waals surface area contributed by atoms with Crippen LogP contribution in [-0.4, -0.2) is 48.5 Å². The van der Waals surface area contributed by atoms with Gasteiger partial charge in [0.15, 0.2) is 6.61 Å². The van der Waals surface area contributed by atoms with Crippen LogP contribution >= 0.6 is 11.6 Å². The largest absolute Gasteiger partial charge is 0.484 e. The van der Waals surface area contributed by atoms with E-state index in [1.807, 2.05) is 6.07 Å². The van der Waals surface area contributed by atoms with E-state index in [9.17, 15) is 9.18 Å². The van der Waals surface area contributed by atoms with Crippen LogP contribution in [0.15, 0.2) is 42.5 Å². The molecule has 0 saturated carbocycles. The van der Waals surface area contributed by atoms with Crippen molar-refractivity contribution in [2.24, 2.45) is 0 Å². The van der Waals surface area contributed by atoms with E-state index in [1.54, 1.807) is 35.2 Å². The Morgan fingerprint density at radius 2 is 1.85 bits per heavy atom. The van der Waals surface area contributed by atoms with E-state index < -0.39 is 5.82 Å². The van der Waals surface area contributed by atoms with Gasteiger partial charge in [0, 0.05) is 37.7 Å². The van der Waals surface area contributed by atoms with E-state index in [-0.39, 0.29) is 12.5 Å². The molecule has 0 atom stereocenters. The van der Waals surface area contributed by atoms with Gasteiger partial charge in [0.25, 0.3) is 5.91 Å². The second-order valence-electron chi connectivity index (χ2n) is 6.31. The van der Waals surface area contributed by atoms with Crippen molar-refractivity contribution in [1.29, 1.82) is 5.26 Å². The second-order valence-corrected chi connectivity index (χ2v) is 6.75. The van der Waals surface area contributed by atoms with Gasteiger partial charge in [0.2, 0.25) is 0 Å². The monoisotopic (exact) mass is 387 g/mol. The Hall–Kier alpha value is -2.62. The van der Waals surface area contributed by atoms with Gasteiger partial charge in [0.1, 0.15) is 11.6 Å². The first-order valence-corrected chi connectivity index (χ1v) is 9.00. The Morgan fingerprint density at radius 3 is 2.52 bits per heavy atom. The normalized spacial score (nSPS) is 14.6. The summed E-state index contributed by atoms with van der Waals surface area (Å²) in [6.45, 7) is 3.10. The molecule has 0 bridgehead atoms. The topological polar surface area (TPSA) is 56.6 Å². The molecule has 5 nitrogen and oxygen atoms in total. The molecule has 1 aliphatic rings. The lowest BCUT2D eigenvalue weighted by atomic mass is 10.1. The summed E-state index contributed by atoms with van der Waals surface area (Å²) in [5.41, 5.74) is 1.15. The van der Waals surface area contributed by atoms with Crippen LogP contribution in [0.1, 0.15) is 11.1 Å². The summed E-state index contributed by atoms with van der Waals surface area (Å²) in [5.74, 6) is 0.127. The van der Waals surface area contributed by atoms with E-state index >= 15 is 0 Å². The van der Waals surface area contributed by atoms with Crippen molar-refractivity contribution in [1.82, 2.24) is 9.80 Å². The molecule has 1 amide bonds. The molecule has 0 unspecified atom stereocenters. The minimum atomic E-state index is -0.411. The predicted molar refractivity (Wildman–Crippen MR) is 99.9 cm³/mol. The average molecular weight is 388 g/mol. The smallest absolute Gasteiger partial charge is 0.260 e. The Labute approximate surface area is 162 Å². The Kier molecular flexibility index (Phi) is 6.28. The SMILES string of the molecule is N#Cc1cc(F)ccc1CN1CCN(C(=O)COc2ccc(Cl)cc2)CC1. The highest BCUT2D eigenvalue weighted by atomic mass is 35.5. The first kappa shape index (κ1) is 19.2. The molecule has 27 heavy (non-hydrogen) atoms. The number of carbonyl (C=O) groups excluding carboxylic acids is 1. The first-order valence-electron chi connectivity index (χ1n) is 8.62. The van der Waals surface area contributed by atoms with Crippen LogP contribution in [0.3, 0.4) is 0 Å². The van der Waals surface area contributed by atoms with E-state index in [1.165, 1.54) is 12.1 Å². The van der Waals surface area contributed by atoms with Crippen LogP contribution in [0, 0.1) is 17.1 Å². The molecule has 0 radical (unpaired) electrons. The molecule has 2 aromatic carbocycles. The molecule has 3 rings (SSSR count). The second kappa shape index (κ2) is 8.85.